The number of hydrogen-bond acceptors (Lipinski definition) is 5. The average molecular weight is 298 g/mol. The summed E-state index contributed by atoms with van der Waals surface area (Å²) >= 11 is 11.8. The van der Waals surface area contributed by atoms with Gasteiger partial charge >= 0.3 is 0 Å². The minimum absolute atomic E-state index is 0.450. The molecule has 0 fully saturated rings. The second-order valence-corrected chi connectivity index (χ2v) is 4.58. The third-order valence-electron chi connectivity index (χ3n) is 2.28. The highest BCUT2D eigenvalue weighted by Gasteiger charge is 2.05. The third-order valence-corrected chi connectivity index (χ3v) is 2.81. The molecule has 0 radical (unpaired) electrons. The van der Waals surface area contributed by atoms with Crippen LogP contribution in [0.5, 0.6) is 0 Å². The number of aromatic nitrogens is 2. The molecule has 4 N–H and O–H groups in total. The molecule has 0 unspecified atom stereocenters. The molecular formula is C12H13Cl2N5. The predicted octanol–water partition coefficient (Wildman–Crippen LogP) is 2.90. The third kappa shape index (κ3) is 3.96. The Kier molecular flexibility index (Phi) is 4.79. The fourth-order valence-corrected chi connectivity index (χ4v) is 1.69. The summed E-state index contributed by atoms with van der Waals surface area (Å²) in [4.78, 5) is 8.38. The van der Waals surface area contributed by atoms with Crippen molar-refractivity contribution in [3.63, 3.8) is 0 Å². The summed E-state index contributed by atoms with van der Waals surface area (Å²) in [5.41, 5.74) is 6.27. The molecule has 7 heteroatoms. The quantitative estimate of drug-likeness (QED) is 0.791. The van der Waals surface area contributed by atoms with Crippen molar-refractivity contribution in [2.75, 3.05) is 23.7 Å². The maximum Gasteiger partial charge on any atom is 0.229 e. The molecule has 2 rings (SSSR count). The molecule has 5 nitrogen and oxygen atoms in total. The van der Waals surface area contributed by atoms with Crippen molar-refractivity contribution in [3.05, 3.63) is 40.5 Å². The van der Waals surface area contributed by atoms with E-state index in [1.165, 1.54) is 6.20 Å². The largest absolute Gasteiger partial charge is 0.367 e. The predicted molar refractivity (Wildman–Crippen MR) is 79.3 cm³/mol. The van der Waals surface area contributed by atoms with E-state index >= 15 is 0 Å². The number of nitrogens with zero attached hydrogens (tertiary/aromatic N) is 2. The lowest BCUT2D eigenvalue weighted by Gasteiger charge is -2.09. The first-order chi connectivity index (χ1) is 9.19. The molecule has 0 bridgehead atoms. The minimum atomic E-state index is 0.450. The second-order valence-electron chi connectivity index (χ2n) is 3.74. The summed E-state index contributed by atoms with van der Waals surface area (Å²) in [7, 11) is 0. The van der Waals surface area contributed by atoms with E-state index in [2.05, 4.69) is 20.6 Å². The Morgan fingerprint density at radius 3 is 2.58 bits per heavy atom. The van der Waals surface area contributed by atoms with Crippen molar-refractivity contribution in [1.29, 1.82) is 0 Å². The zero-order valence-corrected chi connectivity index (χ0v) is 11.5. The fraction of sp³-hybridized carbons (Fsp3) is 0.167. The lowest BCUT2D eigenvalue weighted by molar-refractivity contribution is 1.01. The number of hydrogen-bond donors (Lipinski definition) is 3. The van der Waals surface area contributed by atoms with Crippen molar-refractivity contribution in [2.24, 2.45) is 5.73 Å². The zero-order chi connectivity index (χ0) is 13.7. The molecule has 100 valence electrons. The van der Waals surface area contributed by atoms with E-state index in [4.69, 9.17) is 28.9 Å². The van der Waals surface area contributed by atoms with Crippen LogP contribution >= 0.6 is 23.2 Å². The lowest BCUT2D eigenvalue weighted by Crippen LogP contribution is -2.14. The summed E-state index contributed by atoms with van der Waals surface area (Å²) < 4.78 is 0. The molecule has 1 aromatic carbocycles. The van der Waals surface area contributed by atoms with Gasteiger partial charge in [-0.15, -0.1) is 0 Å². The van der Waals surface area contributed by atoms with E-state index in [0.29, 0.717) is 34.9 Å². The molecule has 2 aromatic rings. The topological polar surface area (TPSA) is 75.9 Å². The van der Waals surface area contributed by atoms with Gasteiger partial charge in [0.15, 0.2) is 5.82 Å². The summed E-state index contributed by atoms with van der Waals surface area (Å²) in [6, 6.07) is 7.25. The lowest BCUT2D eigenvalue weighted by atomic mass is 10.3. The van der Waals surface area contributed by atoms with Crippen molar-refractivity contribution >= 4 is 40.7 Å². The van der Waals surface area contributed by atoms with Crippen LogP contribution in [0, 0.1) is 0 Å². The number of halogens is 2. The van der Waals surface area contributed by atoms with Crippen molar-refractivity contribution in [3.8, 4) is 0 Å². The highest BCUT2D eigenvalue weighted by atomic mass is 35.5. The number of benzene rings is 1. The number of nitrogens with two attached hydrogens (primary N) is 1. The van der Waals surface area contributed by atoms with Crippen LogP contribution in [0.2, 0.25) is 10.0 Å². The van der Waals surface area contributed by atoms with E-state index in [-0.39, 0.29) is 0 Å². The number of rotatable bonds is 5. The van der Waals surface area contributed by atoms with E-state index in [1.807, 2.05) is 12.1 Å². The van der Waals surface area contributed by atoms with E-state index in [1.54, 1.807) is 12.1 Å². The van der Waals surface area contributed by atoms with Gasteiger partial charge in [0.2, 0.25) is 5.95 Å². The molecule has 0 aliphatic carbocycles. The Bertz CT molecular complexity index is 544. The molecule has 0 amide bonds. The molecule has 0 saturated heterocycles. The van der Waals surface area contributed by atoms with Crippen molar-refractivity contribution in [1.82, 2.24) is 9.97 Å². The first-order valence-corrected chi connectivity index (χ1v) is 6.43. The monoisotopic (exact) mass is 297 g/mol. The summed E-state index contributed by atoms with van der Waals surface area (Å²) in [6.07, 6.45) is 1.53. The Balaban J connectivity index is 2.14. The smallest absolute Gasteiger partial charge is 0.229 e. The van der Waals surface area contributed by atoms with Gasteiger partial charge in [0.1, 0.15) is 5.02 Å². The Hall–Kier alpha value is -1.56. The van der Waals surface area contributed by atoms with Crippen LogP contribution < -0.4 is 16.4 Å². The molecule has 19 heavy (non-hydrogen) atoms. The van der Waals surface area contributed by atoms with Crippen molar-refractivity contribution < 1.29 is 0 Å². The van der Waals surface area contributed by atoms with Crippen LogP contribution in [0.3, 0.4) is 0 Å². The Morgan fingerprint density at radius 2 is 1.89 bits per heavy atom. The highest BCUT2D eigenvalue weighted by Crippen LogP contribution is 2.21. The number of nitrogens with one attached hydrogen (secondary N) is 2. The average Bonchev–Trinajstić information content (AvgIpc) is 2.42. The standard InChI is InChI=1S/C12H13Cl2N5/c13-8-1-3-9(4-2-8)18-12-17-7-10(14)11(19-12)16-6-5-15/h1-4,7H,5-6,15H2,(H2,16,17,18,19). The van der Waals surface area contributed by atoms with Crippen LogP contribution in [-0.2, 0) is 0 Å². The van der Waals surface area contributed by atoms with Gasteiger partial charge in [-0.1, -0.05) is 23.2 Å². The van der Waals surface area contributed by atoms with Gasteiger partial charge < -0.3 is 16.4 Å². The highest BCUT2D eigenvalue weighted by molar-refractivity contribution is 6.32. The van der Waals surface area contributed by atoms with Gasteiger partial charge in [0.25, 0.3) is 0 Å². The van der Waals surface area contributed by atoms with Crippen LogP contribution in [0.1, 0.15) is 0 Å². The first-order valence-electron chi connectivity index (χ1n) is 5.68. The number of anilines is 3. The molecule has 0 saturated carbocycles. The normalized spacial score (nSPS) is 10.3. The van der Waals surface area contributed by atoms with Crippen molar-refractivity contribution in [2.45, 2.75) is 0 Å². The molecular weight excluding hydrogens is 285 g/mol. The molecule has 0 spiro atoms. The van der Waals surface area contributed by atoms with Gasteiger partial charge in [-0.2, -0.15) is 4.98 Å². The fourth-order valence-electron chi connectivity index (χ4n) is 1.40. The summed E-state index contributed by atoms with van der Waals surface area (Å²) in [5.74, 6) is 1.00. The molecule has 0 aliphatic heterocycles. The Labute approximate surface area is 121 Å². The van der Waals surface area contributed by atoms with Gasteiger partial charge in [0.05, 0.1) is 6.20 Å². The van der Waals surface area contributed by atoms with Crippen LogP contribution in [0.4, 0.5) is 17.5 Å². The first kappa shape index (κ1) is 13.9. The van der Waals surface area contributed by atoms with Crippen LogP contribution in [0.15, 0.2) is 30.5 Å². The van der Waals surface area contributed by atoms with Crippen LogP contribution in [0.25, 0.3) is 0 Å². The summed E-state index contributed by atoms with van der Waals surface area (Å²) in [5, 5.41) is 7.22. The van der Waals surface area contributed by atoms with Gasteiger partial charge in [-0.3, -0.25) is 0 Å². The zero-order valence-electron chi connectivity index (χ0n) is 10.0. The van der Waals surface area contributed by atoms with Gasteiger partial charge in [-0.25, -0.2) is 4.98 Å². The van der Waals surface area contributed by atoms with E-state index in [0.717, 1.165) is 5.69 Å². The van der Waals surface area contributed by atoms with Crippen LogP contribution in [-0.4, -0.2) is 23.1 Å². The van der Waals surface area contributed by atoms with Gasteiger partial charge in [-0.05, 0) is 24.3 Å². The minimum Gasteiger partial charge on any atom is -0.367 e. The SMILES string of the molecule is NCCNc1nc(Nc2ccc(Cl)cc2)ncc1Cl. The molecule has 1 heterocycles. The molecule has 0 aliphatic rings. The second kappa shape index (κ2) is 6.56. The van der Waals surface area contributed by atoms with E-state index < -0.39 is 0 Å². The van der Waals surface area contributed by atoms with E-state index in [9.17, 15) is 0 Å². The van der Waals surface area contributed by atoms with Gasteiger partial charge in [0, 0.05) is 23.8 Å². The summed E-state index contributed by atoms with van der Waals surface area (Å²) in [6.45, 7) is 1.09. The Morgan fingerprint density at radius 1 is 1.16 bits per heavy atom. The molecule has 1 aromatic heterocycles. The maximum absolute atomic E-state index is 5.98. The molecule has 0 atom stereocenters. The maximum atomic E-state index is 5.98.